The van der Waals surface area contributed by atoms with Crippen LogP contribution in [0.5, 0.6) is 0 Å². The second kappa shape index (κ2) is 6.17. The van der Waals surface area contributed by atoms with Crippen molar-refractivity contribution in [2.75, 3.05) is 27.3 Å². The number of aromatic nitrogens is 1. The van der Waals surface area contributed by atoms with Crippen molar-refractivity contribution in [2.24, 2.45) is 0 Å². The predicted octanol–water partition coefficient (Wildman–Crippen LogP) is -0.546. The average molecular weight is 240 g/mol. The Balaban J connectivity index is 2.71. The van der Waals surface area contributed by atoms with Crippen LogP contribution in [0, 0.1) is 0 Å². The van der Waals surface area contributed by atoms with Gasteiger partial charge in [-0.25, -0.2) is 0 Å². The van der Waals surface area contributed by atoms with E-state index in [-0.39, 0.29) is 24.1 Å². The Labute approximate surface area is 98.8 Å². The molecule has 1 aromatic rings. The molecule has 94 valence electrons. The van der Waals surface area contributed by atoms with Crippen LogP contribution in [0.2, 0.25) is 0 Å². The van der Waals surface area contributed by atoms with Crippen LogP contribution in [-0.2, 0) is 4.74 Å². The van der Waals surface area contributed by atoms with Crippen molar-refractivity contribution in [3.8, 4) is 0 Å². The molecule has 2 N–H and O–H groups in total. The number of carbonyl (C=O) groups is 1. The van der Waals surface area contributed by atoms with Crippen molar-refractivity contribution in [3.63, 3.8) is 0 Å². The van der Waals surface area contributed by atoms with Gasteiger partial charge in [-0.1, -0.05) is 0 Å². The van der Waals surface area contributed by atoms with Crippen molar-refractivity contribution in [3.05, 3.63) is 34.2 Å². The van der Waals surface area contributed by atoms with Crippen LogP contribution in [0.3, 0.4) is 0 Å². The summed E-state index contributed by atoms with van der Waals surface area (Å²) in [5.74, 6) is -0.429. The molecule has 1 aromatic heterocycles. The number of hydrogen-bond donors (Lipinski definition) is 2. The zero-order valence-corrected chi connectivity index (χ0v) is 9.84. The van der Waals surface area contributed by atoms with Gasteiger partial charge in [0.15, 0.2) is 5.43 Å². The SMILES string of the molecule is COCC(O)CN(C)C(=O)c1c[nH]ccc1=O. The Hall–Kier alpha value is -1.66. The fourth-order valence-electron chi connectivity index (χ4n) is 1.43. The van der Waals surface area contributed by atoms with Gasteiger partial charge in [0.2, 0.25) is 0 Å². The standard InChI is InChI=1S/C11H16N2O4/c1-13(6-8(14)7-17-2)11(16)9-5-12-4-3-10(9)15/h3-5,8,14H,6-7H2,1-2H3,(H,12,15). The first-order valence-corrected chi connectivity index (χ1v) is 5.15. The summed E-state index contributed by atoms with van der Waals surface area (Å²) in [6, 6.07) is 1.28. The van der Waals surface area contributed by atoms with Crippen molar-refractivity contribution < 1.29 is 14.6 Å². The molecule has 1 amide bonds. The van der Waals surface area contributed by atoms with Gasteiger partial charge < -0.3 is 19.7 Å². The minimum absolute atomic E-state index is 0.0552. The van der Waals surface area contributed by atoms with Crippen molar-refractivity contribution in [1.82, 2.24) is 9.88 Å². The van der Waals surface area contributed by atoms with E-state index in [1.54, 1.807) is 0 Å². The highest BCUT2D eigenvalue weighted by Crippen LogP contribution is 1.98. The first kappa shape index (κ1) is 13.4. The van der Waals surface area contributed by atoms with Crippen LogP contribution in [0.4, 0.5) is 0 Å². The number of nitrogens with zero attached hydrogens (tertiary/aromatic N) is 1. The van der Waals surface area contributed by atoms with Gasteiger partial charge in [-0.15, -0.1) is 0 Å². The highest BCUT2D eigenvalue weighted by Gasteiger charge is 2.17. The van der Waals surface area contributed by atoms with Gasteiger partial charge >= 0.3 is 0 Å². The molecule has 1 rings (SSSR count). The topological polar surface area (TPSA) is 82.6 Å². The molecule has 6 nitrogen and oxygen atoms in total. The summed E-state index contributed by atoms with van der Waals surface area (Å²) in [7, 11) is 2.99. The average Bonchev–Trinajstić information content (AvgIpc) is 2.29. The number of pyridine rings is 1. The van der Waals surface area contributed by atoms with E-state index < -0.39 is 12.0 Å². The number of carbonyl (C=O) groups excluding carboxylic acids is 1. The number of rotatable bonds is 5. The molecule has 0 aliphatic carbocycles. The van der Waals surface area contributed by atoms with Gasteiger partial charge in [-0.05, 0) is 0 Å². The van der Waals surface area contributed by atoms with Gasteiger partial charge in [0.1, 0.15) is 5.56 Å². The predicted molar refractivity (Wildman–Crippen MR) is 61.9 cm³/mol. The third-order valence-electron chi connectivity index (χ3n) is 2.24. The molecule has 0 saturated carbocycles. The fourth-order valence-corrected chi connectivity index (χ4v) is 1.43. The molecule has 17 heavy (non-hydrogen) atoms. The minimum Gasteiger partial charge on any atom is -0.389 e. The first-order chi connectivity index (χ1) is 8.06. The molecule has 0 aliphatic heterocycles. The summed E-state index contributed by atoms with van der Waals surface area (Å²) in [6.45, 7) is 0.254. The van der Waals surface area contributed by atoms with E-state index in [0.29, 0.717) is 0 Å². The van der Waals surface area contributed by atoms with Crippen LogP contribution in [-0.4, -0.2) is 54.3 Å². The maximum absolute atomic E-state index is 11.9. The summed E-state index contributed by atoms with van der Waals surface area (Å²) in [4.78, 5) is 27.2. The Morgan fingerprint density at radius 2 is 2.35 bits per heavy atom. The van der Waals surface area contributed by atoms with E-state index in [9.17, 15) is 14.7 Å². The van der Waals surface area contributed by atoms with Crippen LogP contribution in [0.25, 0.3) is 0 Å². The Morgan fingerprint density at radius 3 is 2.94 bits per heavy atom. The molecule has 0 aromatic carbocycles. The molecule has 0 radical (unpaired) electrons. The van der Waals surface area contributed by atoms with Gasteiger partial charge in [0.25, 0.3) is 5.91 Å². The van der Waals surface area contributed by atoms with Crippen LogP contribution in [0.15, 0.2) is 23.3 Å². The molecule has 6 heteroatoms. The summed E-state index contributed by atoms with van der Waals surface area (Å²) in [5, 5.41) is 9.48. The highest BCUT2D eigenvalue weighted by molar-refractivity contribution is 5.93. The summed E-state index contributed by atoms with van der Waals surface area (Å²) in [6.07, 6.45) is 2.04. The van der Waals surface area contributed by atoms with E-state index in [2.05, 4.69) is 4.98 Å². The lowest BCUT2D eigenvalue weighted by Crippen LogP contribution is -2.38. The third-order valence-corrected chi connectivity index (χ3v) is 2.24. The van der Waals surface area contributed by atoms with E-state index in [1.165, 1.54) is 37.5 Å². The summed E-state index contributed by atoms with van der Waals surface area (Å²) in [5.41, 5.74) is -0.290. The number of likely N-dealkylation sites (N-methyl/N-ethyl adjacent to an activating group) is 1. The number of aromatic amines is 1. The monoisotopic (exact) mass is 240 g/mol. The molecule has 0 bridgehead atoms. The molecule has 1 atom stereocenters. The Morgan fingerprint density at radius 1 is 1.65 bits per heavy atom. The quantitative estimate of drug-likeness (QED) is 0.723. The zero-order valence-electron chi connectivity index (χ0n) is 9.84. The number of amides is 1. The lowest BCUT2D eigenvalue weighted by atomic mass is 10.2. The minimum atomic E-state index is -0.767. The number of methoxy groups -OCH3 is 1. The van der Waals surface area contributed by atoms with Crippen molar-refractivity contribution >= 4 is 5.91 Å². The van der Waals surface area contributed by atoms with Crippen molar-refractivity contribution in [1.29, 1.82) is 0 Å². The Bertz CT molecular complexity index is 429. The van der Waals surface area contributed by atoms with E-state index in [1.807, 2.05) is 0 Å². The van der Waals surface area contributed by atoms with Gasteiger partial charge in [0, 0.05) is 39.2 Å². The van der Waals surface area contributed by atoms with E-state index in [0.717, 1.165) is 0 Å². The normalized spacial score (nSPS) is 12.2. The van der Waals surface area contributed by atoms with Crippen LogP contribution < -0.4 is 5.43 Å². The number of aliphatic hydroxyl groups is 1. The molecule has 0 aliphatic rings. The smallest absolute Gasteiger partial charge is 0.259 e. The molecule has 1 heterocycles. The van der Waals surface area contributed by atoms with Gasteiger partial charge in [-0.2, -0.15) is 0 Å². The number of H-pyrrole nitrogens is 1. The number of nitrogens with one attached hydrogen (secondary N) is 1. The van der Waals surface area contributed by atoms with Crippen molar-refractivity contribution in [2.45, 2.75) is 6.10 Å². The first-order valence-electron chi connectivity index (χ1n) is 5.15. The molecule has 0 saturated heterocycles. The molecular formula is C11H16N2O4. The number of aliphatic hydroxyl groups excluding tert-OH is 1. The maximum Gasteiger partial charge on any atom is 0.259 e. The Kier molecular flexibility index (Phi) is 4.86. The lowest BCUT2D eigenvalue weighted by Gasteiger charge is -2.20. The van der Waals surface area contributed by atoms with Gasteiger partial charge in [0.05, 0.1) is 12.7 Å². The largest absolute Gasteiger partial charge is 0.389 e. The third kappa shape index (κ3) is 3.69. The second-order valence-corrected chi connectivity index (χ2v) is 3.72. The highest BCUT2D eigenvalue weighted by atomic mass is 16.5. The summed E-state index contributed by atoms with van der Waals surface area (Å²) >= 11 is 0. The lowest BCUT2D eigenvalue weighted by molar-refractivity contribution is 0.0379. The molecular weight excluding hydrogens is 224 g/mol. The molecule has 0 fully saturated rings. The summed E-state index contributed by atoms with van der Waals surface area (Å²) < 4.78 is 4.76. The van der Waals surface area contributed by atoms with Crippen LogP contribution >= 0.6 is 0 Å². The molecule has 1 unspecified atom stereocenters. The van der Waals surface area contributed by atoms with E-state index in [4.69, 9.17) is 4.74 Å². The zero-order chi connectivity index (χ0) is 12.8. The molecule has 0 spiro atoms. The number of hydrogen-bond acceptors (Lipinski definition) is 4. The van der Waals surface area contributed by atoms with Gasteiger partial charge in [-0.3, -0.25) is 9.59 Å². The maximum atomic E-state index is 11.9. The van der Waals surface area contributed by atoms with E-state index >= 15 is 0 Å². The second-order valence-electron chi connectivity index (χ2n) is 3.72. The fraction of sp³-hybridized carbons (Fsp3) is 0.455. The number of ether oxygens (including phenoxy) is 1. The van der Waals surface area contributed by atoms with Crippen LogP contribution in [0.1, 0.15) is 10.4 Å².